The fraction of sp³-hybridized carbons (Fsp3) is 0.250. The van der Waals surface area contributed by atoms with Crippen LogP contribution in [0.3, 0.4) is 0 Å². The Morgan fingerprint density at radius 1 is 1.03 bits per heavy atom. The first-order chi connectivity index (χ1) is 14.2. The van der Waals surface area contributed by atoms with E-state index in [1.54, 1.807) is 6.20 Å². The molecule has 0 radical (unpaired) electrons. The molecule has 1 saturated heterocycles. The number of carbonyl (C=O) groups is 1. The van der Waals surface area contributed by atoms with Gasteiger partial charge in [0.2, 0.25) is 0 Å². The lowest BCUT2D eigenvalue weighted by atomic mass is 10.2. The van der Waals surface area contributed by atoms with Crippen molar-refractivity contribution < 1.29 is 4.79 Å². The van der Waals surface area contributed by atoms with Gasteiger partial charge in [-0.1, -0.05) is 30.3 Å². The smallest absolute Gasteiger partial charge is 0.274 e. The zero-order valence-electron chi connectivity index (χ0n) is 16.7. The molecule has 148 valence electrons. The van der Waals surface area contributed by atoms with Crippen molar-refractivity contribution in [3.63, 3.8) is 0 Å². The Bertz CT molecular complexity index is 950. The third-order valence-corrected chi connectivity index (χ3v) is 5.28. The zero-order chi connectivity index (χ0) is 20.1. The molecule has 5 nitrogen and oxygen atoms in total. The Labute approximate surface area is 172 Å². The Morgan fingerprint density at radius 3 is 2.48 bits per heavy atom. The van der Waals surface area contributed by atoms with E-state index in [0.29, 0.717) is 5.69 Å². The summed E-state index contributed by atoms with van der Waals surface area (Å²) in [4.78, 5) is 21.4. The normalized spacial score (nSPS) is 13.3. The van der Waals surface area contributed by atoms with E-state index in [1.807, 2.05) is 49.5 Å². The number of hydrogen-bond donors (Lipinski definition) is 1. The van der Waals surface area contributed by atoms with E-state index in [-0.39, 0.29) is 5.91 Å². The fourth-order valence-corrected chi connectivity index (χ4v) is 3.66. The van der Waals surface area contributed by atoms with Crippen molar-refractivity contribution in [1.29, 1.82) is 0 Å². The Hall–Kier alpha value is -3.34. The summed E-state index contributed by atoms with van der Waals surface area (Å²) >= 11 is 0. The number of pyridine rings is 1. The minimum Gasteiger partial charge on any atom is -0.372 e. The molecule has 1 amide bonds. The minimum atomic E-state index is -0.200. The van der Waals surface area contributed by atoms with Gasteiger partial charge in [-0.2, -0.15) is 0 Å². The van der Waals surface area contributed by atoms with Gasteiger partial charge in [-0.05, 0) is 54.8 Å². The summed E-state index contributed by atoms with van der Waals surface area (Å²) in [6, 6.07) is 22.1. The molecule has 1 aromatic heterocycles. The first-order valence-electron chi connectivity index (χ1n) is 10.1. The van der Waals surface area contributed by atoms with Crippen LogP contribution in [0, 0.1) is 0 Å². The summed E-state index contributed by atoms with van der Waals surface area (Å²) in [5, 5.41) is 2.95. The standard InChI is InChI=1S/C24H26N4O/c1-27(18-19-7-3-2-4-8-19)22-13-14-25-23(17-22)24(29)26-20-9-11-21(12-10-20)28-15-5-6-16-28/h2-4,7-14,17H,5-6,15-16,18H2,1H3,(H,26,29). The second kappa shape index (κ2) is 8.78. The number of nitrogens with zero attached hydrogens (tertiary/aromatic N) is 3. The number of amides is 1. The monoisotopic (exact) mass is 386 g/mol. The predicted molar refractivity (Wildman–Crippen MR) is 119 cm³/mol. The third kappa shape index (κ3) is 4.74. The molecule has 2 heterocycles. The van der Waals surface area contributed by atoms with Crippen LogP contribution in [0.5, 0.6) is 0 Å². The maximum absolute atomic E-state index is 12.7. The Kier molecular flexibility index (Phi) is 5.75. The van der Waals surface area contributed by atoms with Gasteiger partial charge in [0.15, 0.2) is 0 Å². The van der Waals surface area contributed by atoms with E-state index in [2.05, 4.69) is 44.4 Å². The van der Waals surface area contributed by atoms with Gasteiger partial charge in [0.05, 0.1) is 0 Å². The van der Waals surface area contributed by atoms with Crippen LogP contribution in [0.1, 0.15) is 28.9 Å². The summed E-state index contributed by atoms with van der Waals surface area (Å²) in [5.41, 5.74) is 4.58. The quantitative estimate of drug-likeness (QED) is 0.674. The van der Waals surface area contributed by atoms with Gasteiger partial charge < -0.3 is 15.1 Å². The van der Waals surface area contributed by atoms with Crippen molar-refractivity contribution in [3.8, 4) is 0 Å². The van der Waals surface area contributed by atoms with Crippen molar-refractivity contribution >= 4 is 23.0 Å². The van der Waals surface area contributed by atoms with E-state index >= 15 is 0 Å². The van der Waals surface area contributed by atoms with Crippen LogP contribution in [-0.2, 0) is 6.54 Å². The van der Waals surface area contributed by atoms with E-state index in [4.69, 9.17) is 0 Å². The second-order valence-electron chi connectivity index (χ2n) is 7.44. The van der Waals surface area contributed by atoms with Gasteiger partial charge in [-0.3, -0.25) is 9.78 Å². The largest absolute Gasteiger partial charge is 0.372 e. The van der Waals surface area contributed by atoms with Gasteiger partial charge in [0.25, 0.3) is 5.91 Å². The highest BCUT2D eigenvalue weighted by Crippen LogP contribution is 2.22. The minimum absolute atomic E-state index is 0.200. The zero-order valence-corrected chi connectivity index (χ0v) is 16.7. The number of carbonyl (C=O) groups excluding carboxylic acids is 1. The molecule has 0 unspecified atom stereocenters. The Balaban J connectivity index is 1.41. The van der Waals surface area contributed by atoms with Crippen molar-refractivity contribution in [2.24, 2.45) is 0 Å². The molecule has 0 saturated carbocycles. The molecule has 0 spiro atoms. The summed E-state index contributed by atoms with van der Waals surface area (Å²) in [6.45, 7) is 2.99. The van der Waals surface area contributed by atoms with Crippen LogP contribution in [-0.4, -0.2) is 31.0 Å². The van der Waals surface area contributed by atoms with Gasteiger partial charge >= 0.3 is 0 Å². The molecular formula is C24H26N4O. The molecule has 29 heavy (non-hydrogen) atoms. The van der Waals surface area contributed by atoms with Crippen molar-refractivity contribution in [2.45, 2.75) is 19.4 Å². The third-order valence-electron chi connectivity index (χ3n) is 5.28. The highest BCUT2D eigenvalue weighted by Gasteiger charge is 2.13. The molecule has 1 aliphatic rings. The van der Waals surface area contributed by atoms with E-state index < -0.39 is 0 Å². The van der Waals surface area contributed by atoms with Crippen molar-refractivity contribution in [3.05, 3.63) is 84.2 Å². The first kappa shape index (κ1) is 19.0. The van der Waals surface area contributed by atoms with Crippen molar-refractivity contribution in [2.75, 3.05) is 35.3 Å². The summed E-state index contributed by atoms with van der Waals surface area (Å²) in [6.07, 6.45) is 4.18. The maximum Gasteiger partial charge on any atom is 0.274 e. The van der Waals surface area contributed by atoms with Crippen molar-refractivity contribution in [1.82, 2.24) is 4.98 Å². The van der Waals surface area contributed by atoms with Crippen LogP contribution in [0.25, 0.3) is 0 Å². The van der Waals surface area contributed by atoms with Crippen LogP contribution in [0.2, 0.25) is 0 Å². The molecule has 2 aromatic carbocycles. The topological polar surface area (TPSA) is 48.5 Å². The highest BCUT2D eigenvalue weighted by molar-refractivity contribution is 6.03. The molecular weight excluding hydrogens is 360 g/mol. The molecule has 0 atom stereocenters. The van der Waals surface area contributed by atoms with Gasteiger partial charge in [-0.15, -0.1) is 0 Å². The first-order valence-corrected chi connectivity index (χ1v) is 10.1. The number of anilines is 3. The maximum atomic E-state index is 12.7. The number of nitrogens with one attached hydrogen (secondary N) is 1. The van der Waals surface area contributed by atoms with Gasteiger partial charge in [0, 0.05) is 49.9 Å². The molecule has 1 fully saturated rings. The lowest BCUT2D eigenvalue weighted by Crippen LogP contribution is -2.19. The number of hydrogen-bond acceptors (Lipinski definition) is 4. The van der Waals surface area contributed by atoms with Crippen LogP contribution in [0.4, 0.5) is 17.1 Å². The Morgan fingerprint density at radius 2 is 1.76 bits per heavy atom. The molecule has 0 aliphatic carbocycles. The second-order valence-corrected chi connectivity index (χ2v) is 7.44. The summed E-state index contributed by atoms with van der Waals surface area (Å²) in [5.74, 6) is -0.200. The van der Waals surface area contributed by atoms with E-state index in [9.17, 15) is 4.79 Å². The van der Waals surface area contributed by atoms with Gasteiger partial charge in [-0.25, -0.2) is 0 Å². The molecule has 4 rings (SSSR count). The van der Waals surface area contributed by atoms with Gasteiger partial charge in [0.1, 0.15) is 5.69 Å². The summed E-state index contributed by atoms with van der Waals surface area (Å²) in [7, 11) is 2.01. The lowest BCUT2D eigenvalue weighted by Gasteiger charge is -2.20. The molecule has 1 aliphatic heterocycles. The molecule has 0 bridgehead atoms. The summed E-state index contributed by atoms with van der Waals surface area (Å²) < 4.78 is 0. The predicted octanol–water partition coefficient (Wildman–Crippen LogP) is 4.57. The van der Waals surface area contributed by atoms with Crippen LogP contribution >= 0.6 is 0 Å². The number of aromatic nitrogens is 1. The number of benzene rings is 2. The van der Waals surface area contributed by atoms with E-state index in [1.165, 1.54) is 24.1 Å². The lowest BCUT2D eigenvalue weighted by molar-refractivity contribution is 0.102. The average Bonchev–Trinajstić information content (AvgIpc) is 3.30. The molecule has 1 N–H and O–H groups in total. The van der Waals surface area contributed by atoms with Crippen LogP contribution < -0.4 is 15.1 Å². The SMILES string of the molecule is CN(Cc1ccccc1)c1ccnc(C(=O)Nc2ccc(N3CCCC3)cc2)c1. The number of rotatable bonds is 6. The van der Waals surface area contributed by atoms with E-state index in [0.717, 1.165) is 31.0 Å². The van der Waals surface area contributed by atoms with Crippen LogP contribution in [0.15, 0.2) is 72.9 Å². The highest BCUT2D eigenvalue weighted by atomic mass is 16.1. The average molecular weight is 386 g/mol. The molecule has 3 aromatic rings. The fourth-order valence-electron chi connectivity index (χ4n) is 3.66. The molecule has 5 heteroatoms.